The van der Waals surface area contributed by atoms with Crippen molar-refractivity contribution in [2.75, 3.05) is 13.6 Å². The Bertz CT molecular complexity index is 536. The smallest absolute Gasteiger partial charge is 0.254 e. The van der Waals surface area contributed by atoms with Crippen molar-refractivity contribution in [1.29, 1.82) is 0 Å². The molecule has 0 aromatic heterocycles. The summed E-state index contributed by atoms with van der Waals surface area (Å²) in [5.74, 6) is -1.04. The Morgan fingerprint density at radius 1 is 1.45 bits per heavy atom. The van der Waals surface area contributed by atoms with Gasteiger partial charge in [-0.05, 0) is 31.0 Å². The molecule has 0 radical (unpaired) electrons. The number of nitrogens with one attached hydrogen (secondary N) is 1. The van der Waals surface area contributed by atoms with Crippen LogP contribution in [-0.2, 0) is 4.79 Å². The summed E-state index contributed by atoms with van der Waals surface area (Å²) in [6, 6.07) is 3.83. The number of hydrogen-bond donors (Lipinski definition) is 1. The quantitative estimate of drug-likeness (QED) is 0.910. The van der Waals surface area contributed by atoms with Crippen molar-refractivity contribution in [2.24, 2.45) is 0 Å². The number of hydrogen-bond acceptors (Lipinski definition) is 2. The van der Waals surface area contributed by atoms with Gasteiger partial charge in [0.25, 0.3) is 5.91 Å². The van der Waals surface area contributed by atoms with Crippen LogP contribution in [0.2, 0.25) is 5.02 Å². The molecule has 1 N–H and O–H groups in total. The fourth-order valence-corrected chi connectivity index (χ4v) is 2.35. The highest BCUT2D eigenvalue weighted by Crippen LogP contribution is 2.16. The van der Waals surface area contributed by atoms with E-state index in [2.05, 4.69) is 5.32 Å². The lowest BCUT2D eigenvalue weighted by Gasteiger charge is -2.17. The van der Waals surface area contributed by atoms with Crippen LogP contribution in [-0.4, -0.2) is 36.3 Å². The molecule has 1 aromatic rings. The fraction of sp³-hybridized carbons (Fsp3) is 0.429. The molecule has 1 heterocycles. The van der Waals surface area contributed by atoms with Gasteiger partial charge in [0.15, 0.2) is 0 Å². The molecule has 1 saturated heterocycles. The van der Waals surface area contributed by atoms with Gasteiger partial charge < -0.3 is 10.2 Å². The van der Waals surface area contributed by atoms with Crippen LogP contribution >= 0.6 is 11.6 Å². The van der Waals surface area contributed by atoms with Crippen molar-refractivity contribution in [3.8, 4) is 0 Å². The van der Waals surface area contributed by atoms with E-state index < -0.39 is 11.7 Å². The molecule has 1 fully saturated rings. The molecule has 2 rings (SSSR count). The second-order valence-corrected chi connectivity index (χ2v) is 5.37. The number of likely N-dealkylation sites (tertiary alicyclic amines) is 1. The molecule has 1 atom stereocenters. The summed E-state index contributed by atoms with van der Waals surface area (Å²) in [6.45, 7) is 0.590. The highest BCUT2D eigenvalue weighted by molar-refractivity contribution is 6.30. The van der Waals surface area contributed by atoms with Crippen molar-refractivity contribution < 1.29 is 14.0 Å². The predicted molar refractivity (Wildman–Crippen MR) is 74.2 cm³/mol. The monoisotopic (exact) mass is 298 g/mol. The van der Waals surface area contributed by atoms with E-state index >= 15 is 0 Å². The maximum atomic E-state index is 13.7. The van der Waals surface area contributed by atoms with Crippen LogP contribution in [0.1, 0.15) is 29.6 Å². The second kappa shape index (κ2) is 6.22. The van der Waals surface area contributed by atoms with Gasteiger partial charge in [-0.15, -0.1) is 0 Å². The Kier molecular flexibility index (Phi) is 4.60. The summed E-state index contributed by atoms with van der Waals surface area (Å²) in [5.41, 5.74) is -0.0293. The first-order valence-corrected chi connectivity index (χ1v) is 6.85. The second-order valence-electron chi connectivity index (χ2n) is 4.94. The van der Waals surface area contributed by atoms with Gasteiger partial charge in [0.1, 0.15) is 5.82 Å². The van der Waals surface area contributed by atoms with Crippen LogP contribution in [0.25, 0.3) is 0 Å². The third-order valence-corrected chi connectivity index (χ3v) is 3.69. The number of rotatable bonds is 2. The van der Waals surface area contributed by atoms with Gasteiger partial charge in [-0.1, -0.05) is 11.6 Å². The largest absolute Gasteiger partial charge is 0.349 e. The lowest BCUT2D eigenvalue weighted by molar-refractivity contribution is -0.129. The number of carbonyl (C=O) groups is 2. The Hall–Kier alpha value is -1.62. The first-order chi connectivity index (χ1) is 9.47. The Balaban J connectivity index is 2.02. The molecule has 108 valence electrons. The number of carbonyl (C=O) groups excluding carboxylic acids is 2. The normalized spacial score (nSPS) is 19.6. The summed E-state index contributed by atoms with van der Waals surface area (Å²) in [5, 5.41) is 3.03. The molecule has 0 spiro atoms. The van der Waals surface area contributed by atoms with E-state index in [1.807, 2.05) is 0 Å². The minimum absolute atomic E-state index is 0.0293. The maximum absolute atomic E-state index is 13.7. The molecule has 1 aromatic carbocycles. The van der Waals surface area contributed by atoms with Crippen LogP contribution < -0.4 is 5.32 Å². The molecular formula is C14H16ClFN2O2. The summed E-state index contributed by atoms with van der Waals surface area (Å²) >= 11 is 5.65. The SMILES string of the molecule is CN1CCC(NC(=O)c2ccc(Cl)cc2F)CCC1=O. The summed E-state index contributed by atoms with van der Waals surface area (Å²) in [7, 11) is 1.74. The van der Waals surface area contributed by atoms with Crippen molar-refractivity contribution in [1.82, 2.24) is 10.2 Å². The third-order valence-electron chi connectivity index (χ3n) is 3.46. The van der Waals surface area contributed by atoms with Gasteiger partial charge >= 0.3 is 0 Å². The van der Waals surface area contributed by atoms with Crippen LogP contribution in [0.15, 0.2) is 18.2 Å². The van der Waals surface area contributed by atoms with Crippen molar-refractivity contribution >= 4 is 23.4 Å². The predicted octanol–water partition coefficient (Wildman–Crippen LogP) is 2.22. The molecule has 1 aliphatic rings. The Labute approximate surface area is 121 Å². The lowest BCUT2D eigenvalue weighted by Crippen LogP contribution is -2.36. The summed E-state index contributed by atoms with van der Waals surface area (Å²) in [6.07, 6.45) is 1.64. The molecule has 1 unspecified atom stereocenters. The number of benzene rings is 1. The van der Waals surface area contributed by atoms with Gasteiger partial charge in [-0.2, -0.15) is 0 Å². The van der Waals surface area contributed by atoms with Crippen molar-refractivity contribution in [3.63, 3.8) is 0 Å². The zero-order chi connectivity index (χ0) is 14.7. The highest BCUT2D eigenvalue weighted by Gasteiger charge is 2.22. The van der Waals surface area contributed by atoms with Crippen LogP contribution in [0, 0.1) is 5.82 Å². The molecule has 4 nitrogen and oxygen atoms in total. The zero-order valence-electron chi connectivity index (χ0n) is 11.2. The number of amides is 2. The Morgan fingerprint density at radius 3 is 2.90 bits per heavy atom. The van der Waals surface area contributed by atoms with Crippen LogP contribution in [0.3, 0.4) is 0 Å². The molecule has 0 aliphatic carbocycles. The summed E-state index contributed by atoms with van der Waals surface area (Å²) < 4.78 is 13.7. The minimum Gasteiger partial charge on any atom is -0.349 e. The zero-order valence-corrected chi connectivity index (χ0v) is 11.9. The molecule has 0 bridgehead atoms. The molecule has 1 aliphatic heterocycles. The van der Waals surface area contributed by atoms with E-state index in [1.165, 1.54) is 12.1 Å². The van der Waals surface area contributed by atoms with Crippen LogP contribution in [0.5, 0.6) is 0 Å². The number of halogens is 2. The van der Waals surface area contributed by atoms with E-state index in [0.717, 1.165) is 6.07 Å². The number of nitrogens with zero attached hydrogens (tertiary/aromatic N) is 1. The van der Waals surface area contributed by atoms with Crippen molar-refractivity contribution in [2.45, 2.75) is 25.3 Å². The molecular weight excluding hydrogens is 283 g/mol. The third kappa shape index (κ3) is 3.48. The van der Waals surface area contributed by atoms with Gasteiger partial charge in [0.05, 0.1) is 5.56 Å². The maximum Gasteiger partial charge on any atom is 0.254 e. The molecule has 0 saturated carbocycles. The average Bonchev–Trinajstić information content (AvgIpc) is 2.54. The van der Waals surface area contributed by atoms with Crippen LogP contribution in [0.4, 0.5) is 4.39 Å². The molecule has 6 heteroatoms. The molecule has 20 heavy (non-hydrogen) atoms. The first kappa shape index (κ1) is 14.8. The Morgan fingerprint density at radius 2 is 2.20 bits per heavy atom. The summed E-state index contributed by atoms with van der Waals surface area (Å²) in [4.78, 5) is 25.2. The van der Waals surface area contributed by atoms with E-state index in [4.69, 9.17) is 11.6 Å². The van der Waals surface area contributed by atoms with E-state index in [-0.39, 0.29) is 22.5 Å². The van der Waals surface area contributed by atoms with E-state index in [0.29, 0.717) is 25.8 Å². The van der Waals surface area contributed by atoms with E-state index in [9.17, 15) is 14.0 Å². The highest BCUT2D eigenvalue weighted by atomic mass is 35.5. The van der Waals surface area contributed by atoms with Gasteiger partial charge in [-0.3, -0.25) is 9.59 Å². The minimum atomic E-state index is -0.642. The molecule has 2 amide bonds. The van der Waals surface area contributed by atoms with E-state index in [1.54, 1.807) is 11.9 Å². The first-order valence-electron chi connectivity index (χ1n) is 6.47. The average molecular weight is 299 g/mol. The van der Waals surface area contributed by atoms with Gasteiger partial charge in [0, 0.05) is 31.1 Å². The standard InChI is InChI=1S/C14H16ClFN2O2/c1-18-7-6-10(3-5-13(18)19)17-14(20)11-4-2-9(15)8-12(11)16/h2,4,8,10H,3,5-7H2,1H3,(H,17,20). The van der Waals surface area contributed by atoms with Gasteiger partial charge in [0.2, 0.25) is 5.91 Å². The topological polar surface area (TPSA) is 49.4 Å². The van der Waals surface area contributed by atoms with Gasteiger partial charge in [-0.25, -0.2) is 4.39 Å². The fourth-order valence-electron chi connectivity index (χ4n) is 2.19. The van der Waals surface area contributed by atoms with Crippen molar-refractivity contribution in [3.05, 3.63) is 34.6 Å². The lowest BCUT2D eigenvalue weighted by atomic mass is 10.1.